The molecule has 100 valence electrons. The zero-order valence-corrected chi connectivity index (χ0v) is 10.4. The van der Waals surface area contributed by atoms with Gasteiger partial charge in [-0.2, -0.15) is 5.10 Å². The Morgan fingerprint density at radius 3 is 2.95 bits per heavy atom. The molecule has 0 aliphatic rings. The molecule has 5 N–H and O–H groups in total. The van der Waals surface area contributed by atoms with E-state index in [2.05, 4.69) is 20.8 Å². The van der Waals surface area contributed by atoms with E-state index in [-0.39, 0.29) is 6.03 Å². The highest BCUT2D eigenvalue weighted by Gasteiger charge is 2.07. The zero-order valence-electron chi connectivity index (χ0n) is 10.4. The molecule has 0 bridgehead atoms. The van der Waals surface area contributed by atoms with Crippen molar-refractivity contribution in [3.63, 3.8) is 0 Å². The molecule has 19 heavy (non-hydrogen) atoms. The highest BCUT2D eigenvalue weighted by atomic mass is 16.5. The number of ether oxygens (including phenoxy) is 1. The minimum absolute atomic E-state index is 0.295. The Labute approximate surface area is 110 Å². The normalized spacial score (nSPS) is 9.95. The maximum absolute atomic E-state index is 11.7. The van der Waals surface area contributed by atoms with Gasteiger partial charge in [-0.3, -0.25) is 5.10 Å². The van der Waals surface area contributed by atoms with Crippen molar-refractivity contribution in [2.24, 2.45) is 0 Å². The molecule has 1 heterocycles. The van der Waals surface area contributed by atoms with Crippen LogP contribution in [0.3, 0.4) is 0 Å². The molecule has 0 fully saturated rings. The lowest BCUT2D eigenvalue weighted by molar-refractivity contribution is 0.251. The molecular formula is C12H15N5O2. The number of amides is 2. The van der Waals surface area contributed by atoms with Gasteiger partial charge in [-0.05, 0) is 12.1 Å². The van der Waals surface area contributed by atoms with Crippen LogP contribution in [0.25, 0.3) is 0 Å². The van der Waals surface area contributed by atoms with Crippen molar-refractivity contribution >= 4 is 17.5 Å². The molecule has 0 unspecified atom stereocenters. The Bertz CT molecular complexity index is 567. The van der Waals surface area contributed by atoms with Crippen molar-refractivity contribution < 1.29 is 9.53 Å². The van der Waals surface area contributed by atoms with Crippen LogP contribution in [0.4, 0.5) is 16.3 Å². The summed E-state index contributed by atoms with van der Waals surface area (Å²) in [7, 11) is 1.55. The third kappa shape index (κ3) is 3.15. The average molecular weight is 261 g/mol. The first-order valence-electron chi connectivity index (χ1n) is 5.66. The molecule has 7 nitrogen and oxygen atoms in total. The largest absolute Gasteiger partial charge is 0.495 e. The minimum atomic E-state index is -0.342. The second kappa shape index (κ2) is 5.76. The Hall–Kier alpha value is -2.70. The summed E-state index contributed by atoms with van der Waals surface area (Å²) < 4.78 is 5.14. The van der Waals surface area contributed by atoms with Crippen LogP contribution in [-0.2, 0) is 6.54 Å². The highest BCUT2D eigenvalue weighted by Crippen LogP contribution is 2.22. The lowest BCUT2D eigenvalue weighted by atomic mass is 10.3. The second-order valence-electron chi connectivity index (χ2n) is 3.82. The first-order valence-corrected chi connectivity index (χ1v) is 5.66. The molecule has 2 amide bonds. The van der Waals surface area contributed by atoms with E-state index in [1.165, 1.54) is 0 Å². The monoisotopic (exact) mass is 261 g/mol. The molecule has 0 saturated carbocycles. The summed E-state index contributed by atoms with van der Waals surface area (Å²) in [5.74, 6) is 1.04. The van der Waals surface area contributed by atoms with Crippen LogP contribution >= 0.6 is 0 Å². The van der Waals surface area contributed by atoms with Gasteiger partial charge in [0.2, 0.25) is 0 Å². The highest BCUT2D eigenvalue weighted by molar-refractivity contribution is 5.90. The van der Waals surface area contributed by atoms with Gasteiger partial charge >= 0.3 is 6.03 Å². The number of hydrogen-bond acceptors (Lipinski definition) is 4. The molecule has 0 saturated heterocycles. The molecule has 7 heteroatoms. The smallest absolute Gasteiger partial charge is 0.319 e. The lowest BCUT2D eigenvalue weighted by Crippen LogP contribution is -2.28. The van der Waals surface area contributed by atoms with Crippen molar-refractivity contribution in [2.75, 3.05) is 18.2 Å². The van der Waals surface area contributed by atoms with Crippen LogP contribution in [0.1, 0.15) is 5.56 Å². The number of anilines is 2. The van der Waals surface area contributed by atoms with E-state index < -0.39 is 0 Å². The third-order valence-corrected chi connectivity index (χ3v) is 2.55. The average Bonchev–Trinajstić information content (AvgIpc) is 2.82. The molecule has 0 spiro atoms. The summed E-state index contributed by atoms with van der Waals surface area (Å²) in [6.07, 6.45) is 1.57. The molecule has 1 aromatic heterocycles. The van der Waals surface area contributed by atoms with E-state index >= 15 is 0 Å². The molecule has 1 aromatic carbocycles. The number of H-pyrrole nitrogens is 1. The predicted molar refractivity (Wildman–Crippen MR) is 71.9 cm³/mol. The minimum Gasteiger partial charge on any atom is -0.495 e. The molecule has 2 rings (SSSR count). The van der Waals surface area contributed by atoms with E-state index in [4.69, 9.17) is 10.5 Å². The summed E-state index contributed by atoms with van der Waals surface area (Å²) >= 11 is 0. The van der Waals surface area contributed by atoms with Crippen molar-refractivity contribution in [3.8, 4) is 5.75 Å². The van der Waals surface area contributed by atoms with Gasteiger partial charge in [0.1, 0.15) is 11.6 Å². The Balaban J connectivity index is 1.93. The van der Waals surface area contributed by atoms with Crippen LogP contribution in [0, 0.1) is 0 Å². The number of urea groups is 1. The predicted octanol–water partition coefficient (Wildman–Crippen LogP) is 1.32. The summed E-state index contributed by atoms with van der Waals surface area (Å²) in [6.45, 7) is 0.295. The van der Waals surface area contributed by atoms with Gasteiger partial charge in [-0.25, -0.2) is 4.79 Å². The lowest BCUT2D eigenvalue weighted by Gasteiger charge is -2.10. The number of carbonyl (C=O) groups excluding carboxylic acids is 1. The number of nitrogens with two attached hydrogens (primary N) is 1. The summed E-state index contributed by atoms with van der Waals surface area (Å²) in [6, 6.07) is 6.82. The fraction of sp³-hybridized carbons (Fsp3) is 0.167. The van der Waals surface area contributed by atoms with Gasteiger partial charge in [0.05, 0.1) is 19.0 Å². The maximum atomic E-state index is 11.7. The number of nitrogen functional groups attached to an aromatic ring is 1. The van der Waals surface area contributed by atoms with Gasteiger partial charge < -0.3 is 21.1 Å². The summed E-state index contributed by atoms with van der Waals surface area (Å²) in [5, 5.41) is 11.7. The molecule has 2 aromatic rings. The number of para-hydroxylation sites is 2. The SMILES string of the molecule is COc1ccccc1NC(=O)NCc1cn[nH]c1N. The fourth-order valence-corrected chi connectivity index (χ4v) is 1.55. The molecule has 0 aliphatic carbocycles. The molecular weight excluding hydrogens is 246 g/mol. The Morgan fingerprint density at radius 2 is 2.26 bits per heavy atom. The Morgan fingerprint density at radius 1 is 1.47 bits per heavy atom. The van der Waals surface area contributed by atoms with Crippen molar-refractivity contribution in [2.45, 2.75) is 6.54 Å². The van der Waals surface area contributed by atoms with Crippen LogP contribution < -0.4 is 21.1 Å². The number of nitrogens with one attached hydrogen (secondary N) is 3. The van der Waals surface area contributed by atoms with Gasteiger partial charge in [-0.15, -0.1) is 0 Å². The second-order valence-corrected chi connectivity index (χ2v) is 3.82. The van der Waals surface area contributed by atoms with Crippen LogP contribution in [-0.4, -0.2) is 23.3 Å². The molecule has 0 radical (unpaired) electrons. The molecule has 0 aliphatic heterocycles. The topological polar surface area (TPSA) is 105 Å². The van der Waals surface area contributed by atoms with Crippen LogP contribution in [0.2, 0.25) is 0 Å². The number of nitrogens with zero attached hydrogens (tertiary/aromatic N) is 1. The fourth-order valence-electron chi connectivity index (χ4n) is 1.55. The first-order chi connectivity index (χ1) is 9.20. The van der Waals surface area contributed by atoms with E-state index in [1.807, 2.05) is 12.1 Å². The number of hydrogen-bond donors (Lipinski definition) is 4. The van der Waals surface area contributed by atoms with Gasteiger partial charge in [0, 0.05) is 12.1 Å². The van der Waals surface area contributed by atoms with E-state index in [0.717, 1.165) is 5.56 Å². The van der Waals surface area contributed by atoms with E-state index in [0.29, 0.717) is 23.8 Å². The molecule has 0 atom stereocenters. The number of aromatic amines is 1. The standard InChI is InChI=1S/C12H15N5O2/c1-19-10-5-3-2-4-9(10)16-12(18)14-6-8-7-15-17-11(8)13/h2-5,7H,6H2,1H3,(H3,13,15,17)(H2,14,16,18). The first kappa shape index (κ1) is 12.7. The summed E-state index contributed by atoms with van der Waals surface area (Å²) in [5.41, 5.74) is 6.95. The third-order valence-electron chi connectivity index (χ3n) is 2.55. The van der Waals surface area contributed by atoms with E-state index in [9.17, 15) is 4.79 Å². The number of rotatable bonds is 4. The van der Waals surface area contributed by atoms with Crippen LogP contribution in [0.5, 0.6) is 5.75 Å². The number of benzene rings is 1. The number of carbonyl (C=O) groups is 1. The van der Waals surface area contributed by atoms with Crippen molar-refractivity contribution in [1.29, 1.82) is 0 Å². The van der Waals surface area contributed by atoms with Crippen molar-refractivity contribution in [3.05, 3.63) is 36.0 Å². The quantitative estimate of drug-likeness (QED) is 0.666. The summed E-state index contributed by atoms with van der Waals surface area (Å²) in [4.78, 5) is 11.7. The van der Waals surface area contributed by atoms with Gasteiger partial charge in [0.15, 0.2) is 0 Å². The Kier molecular flexibility index (Phi) is 3.87. The van der Waals surface area contributed by atoms with Crippen molar-refractivity contribution in [1.82, 2.24) is 15.5 Å². The maximum Gasteiger partial charge on any atom is 0.319 e. The number of methoxy groups -OCH3 is 1. The number of aromatic nitrogens is 2. The van der Waals surface area contributed by atoms with Crippen LogP contribution in [0.15, 0.2) is 30.5 Å². The van der Waals surface area contributed by atoms with E-state index in [1.54, 1.807) is 25.4 Å². The zero-order chi connectivity index (χ0) is 13.7. The van der Waals surface area contributed by atoms with Gasteiger partial charge in [-0.1, -0.05) is 12.1 Å². The van der Waals surface area contributed by atoms with Gasteiger partial charge in [0.25, 0.3) is 0 Å².